The molecule has 1 aliphatic heterocycles. The van der Waals surface area contributed by atoms with Crippen molar-refractivity contribution in [1.82, 2.24) is 14.5 Å². The number of amides is 1. The third-order valence-electron chi connectivity index (χ3n) is 5.39. The zero-order valence-electron chi connectivity index (χ0n) is 15.9. The predicted octanol–water partition coefficient (Wildman–Crippen LogP) is 3.13. The van der Waals surface area contributed by atoms with E-state index in [1.54, 1.807) is 6.20 Å². The Kier molecular flexibility index (Phi) is 5.53. The lowest BCUT2D eigenvalue weighted by Gasteiger charge is -2.18. The monoisotopic (exact) mass is 375 g/mol. The van der Waals surface area contributed by atoms with E-state index in [0.717, 1.165) is 42.9 Å². The highest BCUT2D eigenvalue weighted by atomic mass is 16.3. The summed E-state index contributed by atoms with van der Waals surface area (Å²) in [4.78, 5) is 19.2. The summed E-state index contributed by atoms with van der Waals surface area (Å²) in [6.45, 7) is 1.98. The van der Waals surface area contributed by atoms with Crippen LogP contribution in [0, 0.1) is 5.92 Å². The van der Waals surface area contributed by atoms with Crippen LogP contribution in [0.1, 0.15) is 17.5 Å². The Morgan fingerprint density at radius 3 is 2.75 bits per heavy atom. The van der Waals surface area contributed by atoms with Crippen LogP contribution < -0.4 is 0 Å². The quantitative estimate of drug-likeness (QED) is 0.720. The highest BCUT2D eigenvalue weighted by molar-refractivity contribution is 5.77. The van der Waals surface area contributed by atoms with Gasteiger partial charge in [0, 0.05) is 31.0 Å². The molecule has 1 aliphatic rings. The fourth-order valence-corrected chi connectivity index (χ4v) is 3.94. The van der Waals surface area contributed by atoms with Gasteiger partial charge in [-0.25, -0.2) is 4.98 Å². The van der Waals surface area contributed by atoms with E-state index in [0.29, 0.717) is 12.5 Å². The summed E-state index contributed by atoms with van der Waals surface area (Å²) in [5, 5.41) is 9.30. The highest BCUT2D eigenvalue weighted by Crippen LogP contribution is 2.23. The number of carbonyl (C=O) groups is 1. The van der Waals surface area contributed by atoms with Gasteiger partial charge >= 0.3 is 0 Å². The molecule has 1 fully saturated rings. The number of aliphatic hydroxyl groups excluding tert-OH is 1. The predicted molar refractivity (Wildman–Crippen MR) is 108 cm³/mol. The number of nitrogens with zero attached hydrogens (tertiary/aromatic N) is 3. The maximum absolute atomic E-state index is 12.8. The van der Waals surface area contributed by atoms with Gasteiger partial charge < -0.3 is 14.6 Å². The number of hydrogen-bond donors (Lipinski definition) is 1. The molecule has 1 aromatic heterocycles. The number of rotatable bonds is 6. The van der Waals surface area contributed by atoms with Gasteiger partial charge in [0.25, 0.3) is 0 Å². The maximum atomic E-state index is 12.8. The minimum atomic E-state index is 0.0672. The summed E-state index contributed by atoms with van der Waals surface area (Å²) in [5.41, 5.74) is 3.19. The van der Waals surface area contributed by atoms with Crippen LogP contribution in [-0.4, -0.2) is 38.6 Å². The second kappa shape index (κ2) is 8.40. The average Bonchev–Trinajstić information content (AvgIpc) is 3.38. The molecule has 5 nitrogen and oxygen atoms in total. The molecule has 0 saturated carbocycles. The molecule has 1 N–H and O–H groups in total. The number of aromatic nitrogens is 2. The van der Waals surface area contributed by atoms with Gasteiger partial charge in [-0.3, -0.25) is 4.79 Å². The standard InChI is InChI=1S/C23H25N3O2/c27-17-20-6-4-5-18(14-20)13-19-9-11-25(15-19)22(28)16-26-12-10-24-23(26)21-7-2-1-3-8-21/h1-8,10,12,14,19,27H,9,11,13,15-17H2. The van der Waals surface area contributed by atoms with E-state index < -0.39 is 0 Å². The van der Waals surface area contributed by atoms with Crippen molar-refractivity contribution in [3.8, 4) is 11.4 Å². The van der Waals surface area contributed by atoms with Gasteiger partial charge in [-0.2, -0.15) is 0 Å². The summed E-state index contributed by atoms with van der Waals surface area (Å²) in [7, 11) is 0. The summed E-state index contributed by atoms with van der Waals surface area (Å²) in [6, 6.07) is 18.0. The van der Waals surface area contributed by atoms with E-state index in [1.165, 1.54) is 5.56 Å². The molecule has 1 unspecified atom stereocenters. The lowest BCUT2D eigenvalue weighted by molar-refractivity contribution is -0.130. The van der Waals surface area contributed by atoms with Crippen LogP contribution in [0.2, 0.25) is 0 Å². The molecule has 0 aliphatic carbocycles. The molecular formula is C23H25N3O2. The smallest absolute Gasteiger partial charge is 0.242 e. The van der Waals surface area contributed by atoms with E-state index in [2.05, 4.69) is 17.1 Å². The molecule has 0 bridgehead atoms. The Labute approximate surface area is 165 Å². The number of aliphatic hydroxyl groups is 1. The van der Waals surface area contributed by atoms with E-state index in [-0.39, 0.29) is 12.5 Å². The first kappa shape index (κ1) is 18.4. The minimum Gasteiger partial charge on any atom is -0.392 e. The largest absolute Gasteiger partial charge is 0.392 e. The number of imidazole rings is 1. The minimum absolute atomic E-state index is 0.0672. The Morgan fingerprint density at radius 1 is 1.11 bits per heavy atom. The van der Waals surface area contributed by atoms with E-state index in [4.69, 9.17) is 0 Å². The summed E-state index contributed by atoms with van der Waals surface area (Å²) >= 11 is 0. The molecule has 0 spiro atoms. The van der Waals surface area contributed by atoms with E-state index in [1.807, 2.05) is 58.1 Å². The molecule has 2 aromatic carbocycles. The highest BCUT2D eigenvalue weighted by Gasteiger charge is 2.26. The van der Waals surface area contributed by atoms with Crippen molar-refractivity contribution < 1.29 is 9.90 Å². The van der Waals surface area contributed by atoms with E-state index in [9.17, 15) is 9.90 Å². The van der Waals surface area contributed by atoms with Crippen molar-refractivity contribution in [2.75, 3.05) is 13.1 Å². The molecular weight excluding hydrogens is 350 g/mol. The van der Waals surface area contributed by atoms with Crippen LogP contribution in [0.25, 0.3) is 11.4 Å². The van der Waals surface area contributed by atoms with Crippen LogP contribution in [0.5, 0.6) is 0 Å². The Morgan fingerprint density at radius 2 is 1.93 bits per heavy atom. The average molecular weight is 375 g/mol. The molecule has 1 atom stereocenters. The van der Waals surface area contributed by atoms with Crippen LogP contribution >= 0.6 is 0 Å². The topological polar surface area (TPSA) is 58.4 Å². The molecule has 28 heavy (non-hydrogen) atoms. The van der Waals surface area contributed by atoms with Gasteiger partial charge in [0.15, 0.2) is 0 Å². The van der Waals surface area contributed by atoms with Crippen molar-refractivity contribution in [3.05, 3.63) is 78.1 Å². The number of carbonyl (C=O) groups excluding carboxylic acids is 1. The third-order valence-corrected chi connectivity index (χ3v) is 5.39. The molecule has 4 rings (SSSR count). The van der Waals surface area contributed by atoms with Crippen molar-refractivity contribution in [2.24, 2.45) is 5.92 Å². The lowest BCUT2D eigenvalue weighted by atomic mass is 9.97. The molecule has 1 amide bonds. The molecule has 2 heterocycles. The maximum Gasteiger partial charge on any atom is 0.242 e. The zero-order valence-corrected chi connectivity index (χ0v) is 15.9. The number of hydrogen-bond acceptors (Lipinski definition) is 3. The lowest BCUT2D eigenvalue weighted by Crippen LogP contribution is -2.32. The summed E-state index contributed by atoms with van der Waals surface area (Å²) < 4.78 is 1.93. The van der Waals surface area contributed by atoms with Crippen molar-refractivity contribution in [1.29, 1.82) is 0 Å². The summed E-state index contributed by atoms with van der Waals surface area (Å²) in [6.07, 6.45) is 5.58. The number of benzene rings is 2. The second-order valence-electron chi connectivity index (χ2n) is 7.42. The fraction of sp³-hybridized carbons (Fsp3) is 0.304. The van der Waals surface area contributed by atoms with Gasteiger partial charge in [-0.05, 0) is 29.9 Å². The van der Waals surface area contributed by atoms with Gasteiger partial charge in [-0.15, -0.1) is 0 Å². The Balaban J connectivity index is 1.37. The first-order valence-corrected chi connectivity index (χ1v) is 9.76. The first-order valence-electron chi connectivity index (χ1n) is 9.76. The summed E-state index contributed by atoms with van der Waals surface area (Å²) in [5.74, 6) is 1.43. The molecule has 1 saturated heterocycles. The van der Waals surface area contributed by atoms with E-state index >= 15 is 0 Å². The van der Waals surface area contributed by atoms with Gasteiger partial charge in [0.2, 0.25) is 5.91 Å². The van der Waals surface area contributed by atoms with Crippen LogP contribution in [0.4, 0.5) is 0 Å². The first-order chi connectivity index (χ1) is 13.7. The van der Waals surface area contributed by atoms with Gasteiger partial charge in [0.1, 0.15) is 12.4 Å². The molecule has 3 aromatic rings. The Bertz CT molecular complexity index is 936. The molecule has 144 valence electrons. The van der Waals surface area contributed by atoms with Gasteiger partial charge in [-0.1, -0.05) is 54.6 Å². The molecule has 0 radical (unpaired) electrons. The Hall–Kier alpha value is -2.92. The molecule has 5 heteroatoms. The normalized spacial score (nSPS) is 16.5. The van der Waals surface area contributed by atoms with Crippen LogP contribution in [0.3, 0.4) is 0 Å². The van der Waals surface area contributed by atoms with Crippen molar-refractivity contribution in [3.63, 3.8) is 0 Å². The fourth-order valence-electron chi connectivity index (χ4n) is 3.94. The number of likely N-dealkylation sites (tertiary alicyclic amines) is 1. The van der Waals surface area contributed by atoms with Crippen molar-refractivity contribution in [2.45, 2.75) is 26.0 Å². The van der Waals surface area contributed by atoms with Crippen LogP contribution in [0.15, 0.2) is 67.0 Å². The zero-order chi connectivity index (χ0) is 19.3. The van der Waals surface area contributed by atoms with Crippen LogP contribution in [-0.2, 0) is 24.4 Å². The van der Waals surface area contributed by atoms with Gasteiger partial charge in [0.05, 0.1) is 6.61 Å². The third kappa shape index (κ3) is 4.15. The second-order valence-corrected chi connectivity index (χ2v) is 7.42. The van der Waals surface area contributed by atoms with Crippen molar-refractivity contribution >= 4 is 5.91 Å². The SMILES string of the molecule is O=C(Cn1ccnc1-c1ccccc1)N1CCC(Cc2cccc(CO)c2)C1.